The SMILES string of the molecule is CCN(Cc1ccc(C#N)cc1Cl)C1CCNCC1. The molecule has 0 atom stereocenters. The monoisotopic (exact) mass is 277 g/mol. The van der Waals surface area contributed by atoms with Crippen LogP contribution in [0.1, 0.15) is 30.9 Å². The third-order valence-corrected chi connectivity index (χ3v) is 4.14. The second-order valence-electron chi connectivity index (χ2n) is 4.96. The van der Waals surface area contributed by atoms with Crippen LogP contribution in [-0.2, 0) is 6.54 Å². The van der Waals surface area contributed by atoms with Gasteiger partial charge in [0, 0.05) is 17.6 Å². The molecular weight excluding hydrogens is 258 g/mol. The molecule has 1 N–H and O–H groups in total. The quantitative estimate of drug-likeness (QED) is 0.920. The molecule has 0 saturated carbocycles. The highest BCUT2D eigenvalue weighted by molar-refractivity contribution is 6.31. The highest BCUT2D eigenvalue weighted by Gasteiger charge is 2.20. The van der Waals surface area contributed by atoms with Gasteiger partial charge in [-0.3, -0.25) is 4.90 Å². The topological polar surface area (TPSA) is 39.1 Å². The summed E-state index contributed by atoms with van der Waals surface area (Å²) in [7, 11) is 0. The van der Waals surface area contributed by atoms with Crippen LogP contribution >= 0.6 is 11.6 Å². The summed E-state index contributed by atoms with van der Waals surface area (Å²) in [5, 5.41) is 13.0. The number of nitriles is 1. The van der Waals surface area contributed by atoms with Crippen LogP contribution in [0.5, 0.6) is 0 Å². The van der Waals surface area contributed by atoms with Gasteiger partial charge < -0.3 is 5.32 Å². The maximum atomic E-state index is 8.86. The molecule has 0 aromatic heterocycles. The minimum Gasteiger partial charge on any atom is -0.317 e. The van der Waals surface area contributed by atoms with E-state index in [9.17, 15) is 0 Å². The fourth-order valence-corrected chi connectivity index (χ4v) is 2.88. The Bertz CT molecular complexity index is 461. The Balaban J connectivity index is 2.07. The van der Waals surface area contributed by atoms with Crippen molar-refractivity contribution < 1.29 is 0 Å². The number of rotatable bonds is 4. The first kappa shape index (κ1) is 14.3. The highest BCUT2D eigenvalue weighted by atomic mass is 35.5. The van der Waals surface area contributed by atoms with Crippen molar-refractivity contribution in [2.24, 2.45) is 0 Å². The molecule has 4 heteroatoms. The maximum Gasteiger partial charge on any atom is 0.0992 e. The predicted molar refractivity (Wildman–Crippen MR) is 78.1 cm³/mol. The Morgan fingerprint density at radius 3 is 2.74 bits per heavy atom. The van der Waals surface area contributed by atoms with E-state index in [4.69, 9.17) is 16.9 Å². The van der Waals surface area contributed by atoms with E-state index in [1.54, 1.807) is 6.07 Å². The highest BCUT2D eigenvalue weighted by Crippen LogP contribution is 2.22. The zero-order valence-electron chi connectivity index (χ0n) is 11.3. The van der Waals surface area contributed by atoms with Gasteiger partial charge in [-0.1, -0.05) is 24.6 Å². The Hall–Kier alpha value is -1.08. The fourth-order valence-electron chi connectivity index (χ4n) is 2.63. The molecular formula is C15H20ClN3. The van der Waals surface area contributed by atoms with E-state index < -0.39 is 0 Å². The zero-order valence-corrected chi connectivity index (χ0v) is 12.1. The molecule has 1 aromatic carbocycles. The Morgan fingerprint density at radius 1 is 1.42 bits per heavy atom. The second-order valence-corrected chi connectivity index (χ2v) is 5.37. The Kier molecular flexibility index (Phi) is 5.21. The van der Waals surface area contributed by atoms with Gasteiger partial charge >= 0.3 is 0 Å². The molecule has 0 amide bonds. The van der Waals surface area contributed by atoms with Crippen LogP contribution in [0.2, 0.25) is 5.02 Å². The smallest absolute Gasteiger partial charge is 0.0992 e. The summed E-state index contributed by atoms with van der Waals surface area (Å²) < 4.78 is 0. The van der Waals surface area contributed by atoms with Gasteiger partial charge in [-0.05, 0) is 50.2 Å². The van der Waals surface area contributed by atoms with E-state index >= 15 is 0 Å². The molecule has 19 heavy (non-hydrogen) atoms. The van der Waals surface area contributed by atoms with E-state index in [1.165, 1.54) is 12.8 Å². The summed E-state index contributed by atoms with van der Waals surface area (Å²) in [5.41, 5.74) is 1.74. The summed E-state index contributed by atoms with van der Waals surface area (Å²) >= 11 is 6.26. The normalized spacial score (nSPS) is 16.5. The summed E-state index contributed by atoms with van der Waals surface area (Å²) in [6.45, 7) is 6.29. The minimum absolute atomic E-state index is 0.624. The van der Waals surface area contributed by atoms with Gasteiger partial charge in [-0.15, -0.1) is 0 Å². The van der Waals surface area contributed by atoms with Crippen LogP contribution in [0, 0.1) is 11.3 Å². The van der Waals surface area contributed by atoms with Crippen molar-refractivity contribution in [3.05, 3.63) is 34.3 Å². The Morgan fingerprint density at radius 2 is 2.16 bits per heavy atom. The molecule has 3 nitrogen and oxygen atoms in total. The van der Waals surface area contributed by atoms with Crippen molar-refractivity contribution in [2.45, 2.75) is 32.4 Å². The maximum absolute atomic E-state index is 8.86. The molecule has 1 saturated heterocycles. The lowest BCUT2D eigenvalue weighted by Crippen LogP contribution is -2.42. The number of piperidine rings is 1. The lowest BCUT2D eigenvalue weighted by Gasteiger charge is -2.34. The van der Waals surface area contributed by atoms with Crippen LogP contribution in [0.3, 0.4) is 0 Å². The standard InChI is InChI=1S/C15H20ClN3/c1-2-19(14-5-7-18-8-6-14)11-13-4-3-12(10-17)9-15(13)16/h3-4,9,14,18H,2,5-8,11H2,1H3. The second kappa shape index (κ2) is 6.91. The number of hydrogen-bond acceptors (Lipinski definition) is 3. The number of hydrogen-bond donors (Lipinski definition) is 1. The van der Waals surface area contributed by atoms with E-state index in [-0.39, 0.29) is 0 Å². The van der Waals surface area contributed by atoms with Crippen LogP contribution in [0.15, 0.2) is 18.2 Å². The van der Waals surface area contributed by atoms with Gasteiger partial charge in [0.05, 0.1) is 11.6 Å². The first-order valence-electron chi connectivity index (χ1n) is 6.88. The Labute approximate surface area is 120 Å². The van der Waals surface area contributed by atoms with Gasteiger partial charge in [0.2, 0.25) is 0 Å². The summed E-state index contributed by atoms with van der Waals surface area (Å²) in [6, 6.07) is 8.33. The molecule has 1 heterocycles. The van der Waals surface area contributed by atoms with Crippen molar-refractivity contribution in [3.8, 4) is 6.07 Å². The predicted octanol–water partition coefficient (Wildman–Crippen LogP) is 2.79. The van der Waals surface area contributed by atoms with Crippen molar-refractivity contribution in [1.82, 2.24) is 10.2 Å². The number of nitrogens with one attached hydrogen (secondary N) is 1. The largest absolute Gasteiger partial charge is 0.317 e. The van der Waals surface area contributed by atoms with Gasteiger partial charge in [-0.25, -0.2) is 0 Å². The van der Waals surface area contributed by atoms with Gasteiger partial charge in [0.1, 0.15) is 0 Å². The van der Waals surface area contributed by atoms with Crippen molar-refractivity contribution >= 4 is 11.6 Å². The average Bonchev–Trinajstić information content (AvgIpc) is 2.47. The summed E-state index contributed by atoms with van der Waals surface area (Å²) in [6.07, 6.45) is 2.39. The molecule has 1 aromatic rings. The van der Waals surface area contributed by atoms with Crippen molar-refractivity contribution in [3.63, 3.8) is 0 Å². The zero-order chi connectivity index (χ0) is 13.7. The number of benzene rings is 1. The molecule has 0 bridgehead atoms. The van der Waals surface area contributed by atoms with Crippen molar-refractivity contribution in [1.29, 1.82) is 5.26 Å². The molecule has 2 rings (SSSR count). The van der Waals surface area contributed by atoms with Crippen LogP contribution < -0.4 is 5.32 Å². The molecule has 0 unspecified atom stereocenters. The van der Waals surface area contributed by atoms with E-state index in [1.807, 2.05) is 12.1 Å². The van der Waals surface area contributed by atoms with E-state index in [0.717, 1.165) is 31.7 Å². The first-order valence-corrected chi connectivity index (χ1v) is 7.25. The van der Waals surface area contributed by atoms with Crippen LogP contribution in [0.4, 0.5) is 0 Å². The van der Waals surface area contributed by atoms with Crippen LogP contribution in [-0.4, -0.2) is 30.6 Å². The third kappa shape index (κ3) is 3.70. The molecule has 102 valence electrons. The summed E-state index contributed by atoms with van der Waals surface area (Å²) in [4.78, 5) is 2.48. The van der Waals surface area contributed by atoms with Crippen molar-refractivity contribution in [2.75, 3.05) is 19.6 Å². The number of halogens is 1. The lowest BCUT2D eigenvalue weighted by atomic mass is 10.0. The lowest BCUT2D eigenvalue weighted by molar-refractivity contribution is 0.162. The van der Waals surface area contributed by atoms with E-state index in [2.05, 4.69) is 23.2 Å². The van der Waals surface area contributed by atoms with Gasteiger partial charge in [-0.2, -0.15) is 5.26 Å². The first-order chi connectivity index (χ1) is 9.24. The number of nitrogens with zero attached hydrogens (tertiary/aromatic N) is 2. The molecule has 0 aliphatic carbocycles. The molecule has 1 aliphatic heterocycles. The third-order valence-electron chi connectivity index (χ3n) is 3.79. The fraction of sp³-hybridized carbons (Fsp3) is 0.533. The average molecular weight is 278 g/mol. The molecule has 1 fully saturated rings. The molecule has 1 aliphatic rings. The minimum atomic E-state index is 0.624. The summed E-state index contributed by atoms with van der Waals surface area (Å²) in [5.74, 6) is 0. The van der Waals surface area contributed by atoms with Gasteiger partial charge in [0.25, 0.3) is 0 Å². The molecule has 0 radical (unpaired) electrons. The van der Waals surface area contributed by atoms with Gasteiger partial charge in [0.15, 0.2) is 0 Å². The van der Waals surface area contributed by atoms with E-state index in [0.29, 0.717) is 16.6 Å². The van der Waals surface area contributed by atoms with Crippen LogP contribution in [0.25, 0.3) is 0 Å². The molecule has 0 spiro atoms.